The molecule has 0 N–H and O–H groups in total. The summed E-state index contributed by atoms with van der Waals surface area (Å²) < 4.78 is 0. The van der Waals surface area contributed by atoms with Crippen LogP contribution in [0.25, 0.3) is 10.8 Å². The van der Waals surface area contributed by atoms with Gasteiger partial charge in [0.1, 0.15) is 0 Å². The van der Waals surface area contributed by atoms with Gasteiger partial charge in [0.2, 0.25) is 0 Å². The van der Waals surface area contributed by atoms with Gasteiger partial charge in [-0.15, -0.1) is 0 Å². The van der Waals surface area contributed by atoms with Crippen LogP contribution in [0.3, 0.4) is 0 Å². The highest BCUT2D eigenvalue weighted by atomic mass is 14.8. The quantitative estimate of drug-likeness (QED) is 0.794. The van der Waals surface area contributed by atoms with Crippen molar-refractivity contribution in [3.8, 4) is 24.3 Å². The summed E-state index contributed by atoms with van der Waals surface area (Å²) in [6, 6.07) is 20.7. The SMILES string of the molecule is N#CC1(C#N)C(c2ccc3ccccc3c2)C1(C#N)C#N. The zero-order valence-corrected chi connectivity index (χ0v) is 10.9. The van der Waals surface area contributed by atoms with Gasteiger partial charge < -0.3 is 0 Å². The molecule has 0 aliphatic heterocycles. The molecular formula is C17H8N4. The van der Waals surface area contributed by atoms with Crippen molar-refractivity contribution in [1.29, 1.82) is 21.0 Å². The van der Waals surface area contributed by atoms with E-state index in [-0.39, 0.29) is 0 Å². The number of benzene rings is 2. The van der Waals surface area contributed by atoms with Crippen molar-refractivity contribution in [1.82, 2.24) is 0 Å². The van der Waals surface area contributed by atoms with Crippen LogP contribution in [0.4, 0.5) is 0 Å². The molecule has 1 aliphatic carbocycles. The Morgan fingerprint density at radius 3 is 1.76 bits per heavy atom. The number of hydrogen-bond donors (Lipinski definition) is 0. The Hall–Kier alpha value is -3.34. The lowest BCUT2D eigenvalue weighted by Gasteiger charge is -2.03. The molecule has 1 saturated carbocycles. The van der Waals surface area contributed by atoms with Crippen LogP contribution in [-0.2, 0) is 0 Å². The number of rotatable bonds is 1. The fourth-order valence-electron chi connectivity index (χ4n) is 3.02. The number of hydrogen-bond acceptors (Lipinski definition) is 4. The Labute approximate surface area is 121 Å². The lowest BCUT2D eigenvalue weighted by atomic mass is 9.98. The van der Waals surface area contributed by atoms with Crippen LogP contribution in [0.1, 0.15) is 11.5 Å². The summed E-state index contributed by atoms with van der Waals surface area (Å²) in [5.74, 6) is -0.695. The first-order chi connectivity index (χ1) is 10.2. The zero-order chi connectivity index (χ0) is 15.1. The van der Waals surface area contributed by atoms with E-state index >= 15 is 0 Å². The second-order valence-corrected chi connectivity index (χ2v) is 5.10. The molecule has 0 heterocycles. The summed E-state index contributed by atoms with van der Waals surface area (Å²) in [5.41, 5.74) is -2.49. The van der Waals surface area contributed by atoms with E-state index in [1.165, 1.54) is 0 Å². The largest absolute Gasteiger partial charge is 0.196 e. The number of nitrogens with zero attached hydrogens (tertiary/aromatic N) is 4. The van der Waals surface area contributed by atoms with E-state index in [0.717, 1.165) is 10.8 Å². The minimum absolute atomic E-state index is 0.680. The van der Waals surface area contributed by atoms with E-state index in [0.29, 0.717) is 5.56 Å². The van der Waals surface area contributed by atoms with E-state index < -0.39 is 16.7 Å². The average molecular weight is 268 g/mol. The molecule has 96 valence electrons. The Morgan fingerprint density at radius 2 is 1.24 bits per heavy atom. The van der Waals surface area contributed by atoms with Crippen LogP contribution in [0.5, 0.6) is 0 Å². The van der Waals surface area contributed by atoms with Gasteiger partial charge in [-0.2, -0.15) is 21.0 Å². The van der Waals surface area contributed by atoms with Gasteiger partial charge in [0.15, 0.2) is 10.8 Å². The van der Waals surface area contributed by atoms with Crippen molar-refractivity contribution in [2.45, 2.75) is 5.92 Å². The molecule has 0 radical (unpaired) electrons. The van der Waals surface area contributed by atoms with Crippen molar-refractivity contribution >= 4 is 10.8 Å². The predicted octanol–water partition coefficient (Wildman–Crippen LogP) is 3.00. The van der Waals surface area contributed by atoms with E-state index in [1.54, 1.807) is 6.07 Å². The normalized spacial score (nSPS) is 17.9. The van der Waals surface area contributed by atoms with Gasteiger partial charge in [0, 0.05) is 0 Å². The van der Waals surface area contributed by atoms with Crippen molar-refractivity contribution in [2.75, 3.05) is 0 Å². The van der Waals surface area contributed by atoms with Gasteiger partial charge in [-0.25, -0.2) is 0 Å². The summed E-state index contributed by atoms with van der Waals surface area (Å²) in [6.45, 7) is 0. The average Bonchev–Trinajstić information content (AvgIpc) is 3.17. The van der Waals surface area contributed by atoms with Crippen molar-refractivity contribution in [3.05, 3.63) is 48.0 Å². The predicted molar refractivity (Wildman–Crippen MR) is 74.0 cm³/mol. The molecule has 0 atom stereocenters. The fraction of sp³-hybridized carbons (Fsp3) is 0.176. The first-order valence-electron chi connectivity index (χ1n) is 6.33. The molecule has 0 aromatic heterocycles. The maximum Gasteiger partial charge on any atom is 0.185 e. The van der Waals surface area contributed by atoms with Crippen LogP contribution in [0.15, 0.2) is 42.5 Å². The Bertz CT molecular complexity index is 849. The lowest BCUT2D eigenvalue weighted by Crippen LogP contribution is -2.05. The fourth-order valence-corrected chi connectivity index (χ4v) is 3.02. The maximum atomic E-state index is 9.32. The van der Waals surface area contributed by atoms with Crippen LogP contribution in [-0.4, -0.2) is 0 Å². The minimum atomic E-state index is -1.58. The van der Waals surface area contributed by atoms with Crippen LogP contribution in [0, 0.1) is 56.2 Å². The van der Waals surface area contributed by atoms with Gasteiger partial charge in [0.05, 0.1) is 30.2 Å². The highest BCUT2D eigenvalue weighted by Gasteiger charge is 2.82. The molecule has 0 spiro atoms. The summed E-state index contributed by atoms with van der Waals surface area (Å²) in [5, 5.41) is 39.3. The molecule has 1 aliphatic rings. The zero-order valence-electron chi connectivity index (χ0n) is 10.9. The Balaban J connectivity index is 2.20. The summed E-state index contributed by atoms with van der Waals surface area (Å²) in [7, 11) is 0. The van der Waals surface area contributed by atoms with Crippen molar-refractivity contribution < 1.29 is 0 Å². The first-order valence-corrected chi connectivity index (χ1v) is 6.33. The third-order valence-electron chi connectivity index (χ3n) is 4.22. The maximum absolute atomic E-state index is 9.32. The molecule has 0 unspecified atom stereocenters. The smallest absolute Gasteiger partial charge is 0.185 e. The highest BCUT2D eigenvalue weighted by Crippen LogP contribution is 2.73. The van der Waals surface area contributed by atoms with E-state index in [4.69, 9.17) is 0 Å². The Morgan fingerprint density at radius 1 is 0.714 bits per heavy atom. The van der Waals surface area contributed by atoms with Gasteiger partial charge in [-0.1, -0.05) is 42.5 Å². The van der Waals surface area contributed by atoms with Gasteiger partial charge in [-0.3, -0.25) is 0 Å². The molecule has 2 aromatic carbocycles. The molecule has 3 rings (SSSR count). The summed E-state index contributed by atoms with van der Waals surface area (Å²) in [6.07, 6.45) is 0. The van der Waals surface area contributed by atoms with E-state index in [9.17, 15) is 21.0 Å². The van der Waals surface area contributed by atoms with Crippen LogP contribution >= 0.6 is 0 Å². The van der Waals surface area contributed by atoms with Gasteiger partial charge in [0.25, 0.3) is 0 Å². The van der Waals surface area contributed by atoms with Crippen LogP contribution in [0.2, 0.25) is 0 Å². The van der Waals surface area contributed by atoms with E-state index in [1.807, 2.05) is 60.7 Å². The molecule has 0 amide bonds. The molecule has 4 nitrogen and oxygen atoms in total. The molecular weight excluding hydrogens is 260 g/mol. The molecule has 0 bridgehead atoms. The van der Waals surface area contributed by atoms with E-state index in [2.05, 4.69) is 0 Å². The third-order valence-corrected chi connectivity index (χ3v) is 4.22. The molecule has 1 fully saturated rings. The molecule has 4 heteroatoms. The first kappa shape index (κ1) is 12.7. The molecule has 21 heavy (non-hydrogen) atoms. The van der Waals surface area contributed by atoms with Gasteiger partial charge in [-0.05, 0) is 16.3 Å². The standard InChI is InChI=1S/C17H8N4/c18-8-16(9-19)15(17(16,10-20)11-21)14-6-5-12-3-1-2-4-13(12)7-14/h1-7,15H. The molecule has 0 saturated heterocycles. The summed E-state index contributed by atoms with van der Waals surface area (Å²) in [4.78, 5) is 0. The van der Waals surface area contributed by atoms with Crippen LogP contribution < -0.4 is 0 Å². The monoisotopic (exact) mass is 268 g/mol. The highest BCUT2D eigenvalue weighted by molar-refractivity contribution is 5.83. The van der Waals surface area contributed by atoms with Crippen molar-refractivity contribution in [2.24, 2.45) is 10.8 Å². The minimum Gasteiger partial charge on any atom is -0.196 e. The number of fused-ring (bicyclic) bond motifs is 1. The third kappa shape index (κ3) is 1.34. The Kier molecular flexibility index (Phi) is 2.46. The van der Waals surface area contributed by atoms with Crippen molar-refractivity contribution in [3.63, 3.8) is 0 Å². The second kappa shape index (κ2) is 4.08. The van der Waals surface area contributed by atoms with Gasteiger partial charge >= 0.3 is 0 Å². The lowest BCUT2D eigenvalue weighted by molar-refractivity contribution is 0.727. The summed E-state index contributed by atoms with van der Waals surface area (Å²) >= 11 is 0. The number of nitriles is 4. The topological polar surface area (TPSA) is 95.2 Å². The second-order valence-electron chi connectivity index (χ2n) is 5.10. The molecule has 2 aromatic rings.